The van der Waals surface area contributed by atoms with Crippen molar-refractivity contribution in [3.05, 3.63) is 23.9 Å². The van der Waals surface area contributed by atoms with E-state index in [1.807, 2.05) is 38.6 Å². The molecule has 0 saturated carbocycles. The van der Waals surface area contributed by atoms with E-state index in [1.54, 1.807) is 4.90 Å². The van der Waals surface area contributed by atoms with Crippen molar-refractivity contribution in [1.29, 1.82) is 0 Å². The second-order valence-corrected chi connectivity index (χ2v) is 8.59. The Morgan fingerprint density at radius 1 is 1.33 bits per heavy atom. The van der Waals surface area contributed by atoms with Crippen LogP contribution in [0.25, 0.3) is 10.9 Å². The Morgan fingerprint density at radius 2 is 2.04 bits per heavy atom. The van der Waals surface area contributed by atoms with E-state index in [0.29, 0.717) is 31.5 Å². The molecule has 6 nitrogen and oxygen atoms in total. The van der Waals surface area contributed by atoms with Crippen molar-refractivity contribution in [2.75, 3.05) is 19.7 Å². The summed E-state index contributed by atoms with van der Waals surface area (Å²) in [6, 6.07) is 4.18. The van der Waals surface area contributed by atoms with Crippen molar-refractivity contribution >= 4 is 17.0 Å². The van der Waals surface area contributed by atoms with Crippen LogP contribution in [0.1, 0.15) is 52.5 Å². The van der Waals surface area contributed by atoms with Gasteiger partial charge in [-0.3, -0.25) is 4.68 Å². The fraction of sp³-hybridized carbons (Fsp3) is 0.619. The summed E-state index contributed by atoms with van der Waals surface area (Å²) in [7, 11) is 1.94. The minimum absolute atomic E-state index is 0.247. The summed E-state index contributed by atoms with van der Waals surface area (Å²) in [4.78, 5) is 13.7. The first-order valence-corrected chi connectivity index (χ1v) is 9.75. The van der Waals surface area contributed by atoms with E-state index >= 15 is 0 Å². The zero-order chi connectivity index (χ0) is 19.8. The molecular formula is C21H31N3O3. The van der Waals surface area contributed by atoms with Crippen molar-refractivity contribution in [3.8, 4) is 5.75 Å². The number of likely N-dealkylation sites (tertiary alicyclic amines) is 1. The maximum Gasteiger partial charge on any atom is 0.410 e. The molecule has 6 heteroatoms. The molecule has 0 spiro atoms. The highest BCUT2D eigenvalue weighted by Gasteiger charge is 2.34. The maximum absolute atomic E-state index is 12.0. The van der Waals surface area contributed by atoms with Gasteiger partial charge in [-0.15, -0.1) is 0 Å². The molecule has 0 radical (unpaired) electrons. The van der Waals surface area contributed by atoms with Crippen molar-refractivity contribution in [1.82, 2.24) is 14.7 Å². The number of fused-ring (bicyclic) bond motifs is 1. The van der Waals surface area contributed by atoms with E-state index in [-0.39, 0.29) is 6.09 Å². The molecule has 1 aromatic heterocycles. The molecule has 1 aromatic carbocycles. The number of benzene rings is 1. The standard InChI is InChI=1S/C21H31N3O3/c1-7-14(2)16-8-9-18(19-17(16)12-23(6)22-19)26-13-15-10-24(11-15)20(25)27-21(3,4)5/h8-9,12,14-15H,7,10-11,13H2,1-6H3. The van der Waals surface area contributed by atoms with Gasteiger partial charge in [-0.2, -0.15) is 5.10 Å². The molecule has 0 bridgehead atoms. The Bertz CT molecular complexity index is 816. The number of ether oxygens (including phenoxy) is 2. The van der Waals surface area contributed by atoms with Crippen LogP contribution in [0.15, 0.2) is 18.3 Å². The second-order valence-electron chi connectivity index (χ2n) is 8.59. The van der Waals surface area contributed by atoms with Crippen LogP contribution in [-0.4, -0.2) is 46.1 Å². The average Bonchev–Trinajstić information content (AvgIpc) is 2.92. The molecule has 1 fully saturated rings. The van der Waals surface area contributed by atoms with Gasteiger partial charge >= 0.3 is 6.09 Å². The minimum atomic E-state index is -0.458. The van der Waals surface area contributed by atoms with E-state index in [4.69, 9.17) is 9.47 Å². The molecule has 27 heavy (non-hydrogen) atoms. The topological polar surface area (TPSA) is 56.6 Å². The SMILES string of the molecule is CCC(C)c1ccc(OCC2CN(C(=O)OC(C)(C)C)C2)c2nn(C)cc12. The number of aryl methyl sites for hydroxylation is 1. The summed E-state index contributed by atoms with van der Waals surface area (Å²) in [6.07, 6.45) is 2.91. The zero-order valence-corrected chi connectivity index (χ0v) is 17.3. The van der Waals surface area contributed by atoms with Gasteiger partial charge in [-0.05, 0) is 44.7 Å². The van der Waals surface area contributed by atoms with Gasteiger partial charge in [0.2, 0.25) is 0 Å². The molecule has 3 rings (SSSR count). The molecule has 0 aliphatic carbocycles. The van der Waals surface area contributed by atoms with Gasteiger partial charge in [0.05, 0.1) is 6.61 Å². The van der Waals surface area contributed by atoms with Gasteiger partial charge in [0.1, 0.15) is 16.9 Å². The van der Waals surface area contributed by atoms with Crippen molar-refractivity contribution < 1.29 is 14.3 Å². The Hall–Kier alpha value is -2.24. The number of rotatable bonds is 5. The summed E-state index contributed by atoms with van der Waals surface area (Å²) in [6.45, 7) is 12.0. The lowest BCUT2D eigenvalue weighted by atomic mass is 9.95. The Balaban J connectivity index is 1.62. The summed E-state index contributed by atoms with van der Waals surface area (Å²) < 4.78 is 13.3. The third kappa shape index (κ3) is 4.37. The largest absolute Gasteiger partial charge is 0.491 e. The van der Waals surface area contributed by atoms with E-state index in [0.717, 1.165) is 23.1 Å². The van der Waals surface area contributed by atoms with E-state index in [1.165, 1.54) is 5.56 Å². The van der Waals surface area contributed by atoms with E-state index in [9.17, 15) is 4.79 Å². The van der Waals surface area contributed by atoms with Gasteiger partial charge in [0, 0.05) is 37.6 Å². The van der Waals surface area contributed by atoms with Crippen molar-refractivity contribution in [2.45, 2.75) is 52.6 Å². The van der Waals surface area contributed by atoms with Crippen LogP contribution in [0.4, 0.5) is 4.79 Å². The van der Waals surface area contributed by atoms with Gasteiger partial charge in [0.25, 0.3) is 0 Å². The number of hydrogen-bond donors (Lipinski definition) is 0. The van der Waals surface area contributed by atoms with Gasteiger partial charge in [0.15, 0.2) is 0 Å². The quantitative estimate of drug-likeness (QED) is 0.783. The van der Waals surface area contributed by atoms with Crippen LogP contribution in [0.5, 0.6) is 5.75 Å². The Kier molecular flexibility index (Phi) is 5.36. The molecule has 1 saturated heterocycles. The van der Waals surface area contributed by atoms with Crippen LogP contribution < -0.4 is 4.74 Å². The molecule has 2 aromatic rings. The monoisotopic (exact) mass is 373 g/mol. The lowest BCUT2D eigenvalue weighted by Gasteiger charge is -2.39. The number of nitrogens with zero attached hydrogens (tertiary/aromatic N) is 3. The van der Waals surface area contributed by atoms with Crippen LogP contribution in [0, 0.1) is 5.92 Å². The third-order valence-corrected chi connectivity index (χ3v) is 5.01. The Morgan fingerprint density at radius 3 is 2.67 bits per heavy atom. The molecule has 1 aliphatic rings. The fourth-order valence-electron chi connectivity index (χ4n) is 3.34. The van der Waals surface area contributed by atoms with Crippen molar-refractivity contribution in [2.24, 2.45) is 13.0 Å². The molecule has 0 N–H and O–H groups in total. The molecule has 2 heterocycles. The van der Waals surface area contributed by atoms with Crippen LogP contribution in [-0.2, 0) is 11.8 Å². The minimum Gasteiger partial charge on any atom is -0.491 e. The predicted octanol–water partition coefficient (Wildman–Crippen LogP) is 4.33. The first kappa shape index (κ1) is 19.5. The molecule has 1 atom stereocenters. The highest BCUT2D eigenvalue weighted by atomic mass is 16.6. The summed E-state index contributed by atoms with van der Waals surface area (Å²) in [5, 5.41) is 5.76. The maximum atomic E-state index is 12.0. The summed E-state index contributed by atoms with van der Waals surface area (Å²) in [5.74, 6) is 1.62. The lowest BCUT2D eigenvalue weighted by Crippen LogP contribution is -2.53. The van der Waals surface area contributed by atoms with Crippen LogP contribution in [0.3, 0.4) is 0 Å². The number of amides is 1. The van der Waals surface area contributed by atoms with E-state index < -0.39 is 5.60 Å². The van der Waals surface area contributed by atoms with Crippen molar-refractivity contribution in [3.63, 3.8) is 0 Å². The summed E-state index contributed by atoms with van der Waals surface area (Å²) in [5.41, 5.74) is 1.77. The predicted molar refractivity (Wildman–Crippen MR) is 106 cm³/mol. The van der Waals surface area contributed by atoms with E-state index in [2.05, 4.69) is 31.2 Å². The zero-order valence-electron chi connectivity index (χ0n) is 17.3. The average molecular weight is 373 g/mol. The molecule has 148 valence electrons. The molecular weight excluding hydrogens is 342 g/mol. The van der Waals surface area contributed by atoms with Crippen LogP contribution >= 0.6 is 0 Å². The number of aromatic nitrogens is 2. The smallest absolute Gasteiger partial charge is 0.410 e. The van der Waals surface area contributed by atoms with Gasteiger partial charge < -0.3 is 14.4 Å². The lowest BCUT2D eigenvalue weighted by molar-refractivity contribution is -0.00774. The summed E-state index contributed by atoms with van der Waals surface area (Å²) >= 11 is 0. The number of hydrogen-bond acceptors (Lipinski definition) is 4. The Labute approximate surface area is 161 Å². The highest BCUT2D eigenvalue weighted by molar-refractivity contribution is 5.87. The highest BCUT2D eigenvalue weighted by Crippen LogP contribution is 2.33. The normalized spacial score (nSPS) is 16.3. The first-order chi connectivity index (χ1) is 12.7. The molecule has 1 unspecified atom stereocenters. The number of carbonyl (C=O) groups excluding carboxylic acids is 1. The van der Waals surface area contributed by atoms with Gasteiger partial charge in [-0.1, -0.05) is 19.9 Å². The van der Waals surface area contributed by atoms with Gasteiger partial charge in [-0.25, -0.2) is 4.79 Å². The molecule has 1 aliphatic heterocycles. The second kappa shape index (κ2) is 7.41. The first-order valence-electron chi connectivity index (χ1n) is 9.75. The number of carbonyl (C=O) groups is 1. The molecule has 1 amide bonds. The third-order valence-electron chi connectivity index (χ3n) is 5.01. The fourth-order valence-corrected chi connectivity index (χ4v) is 3.34. The van der Waals surface area contributed by atoms with Crippen LogP contribution in [0.2, 0.25) is 0 Å².